The molecule has 31 heavy (non-hydrogen) atoms. The van der Waals surface area contributed by atoms with Crippen LogP contribution in [0.3, 0.4) is 0 Å². The Morgan fingerprint density at radius 2 is 1.65 bits per heavy atom. The molecule has 0 radical (unpaired) electrons. The average molecular weight is 434 g/mol. The minimum Gasteiger partial charge on any atom is -0.481 e. The second-order valence-electron chi connectivity index (χ2n) is 6.59. The van der Waals surface area contributed by atoms with Gasteiger partial charge in [-0.05, 0) is 47.2 Å². The van der Waals surface area contributed by atoms with Gasteiger partial charge < -0.3 is 10.1 Å². The number of sulfonamides is 1. The lowest BCUT2D eigenvalue weighted by atomic mass is 10.1. The van der Waals surface area contributed by atoms with Gasteiger partial charge in [0.2, 0.25) is 5.88 Å². The number of nitrogens with zero attached hydrogens (tertiary/aromatic N) is 2. The molecule has 0 aliphatic rings. The van der Waals surface area contributed by atoms with E-state index in [1.165, 1.54) is 43.8 Å². The van der Waals surface area contributed by atoms with E-state index >= 15 is 0 Å². The number of carbonyl (C=O) groups is 1. The second-order valence-corrected chi connectivity index (χ2v) is 8.27. The monoisotopic (exact) mass is 434 g/mol. The molecule has 0 unspecified atom stereocenters. The number of anilines is 2. The summed E-state index contributed by atoms with van der Waals surface area (Å²) in [5, 5.41) is 4.78. The Bertz CT molecular complexity index is 1360. The number of nitrogens with one attached hydrogen (secondary N) is 2. The molecule has 2 N–H and O–H groups in total. The van der Waals surface area contributed by atoms with Crippen molar-refractivity contribution < 1.29 is 17.9 Å². The van der Waals surface area contributed by atoms with Crippen LogP contribution in [0.15, 0.2) is 84.0 Å². The highest BCUT2D eigenvalue weighted by atomic mass is 32.2. The van der Waals surface area contributed by atoms with Gasteiger partial charge in [-0.25, -0.2) is 18.4 Å². The first kappa shape index (κ1) is 20.3. The molecule has 0 saturated heterocycles. The molecule has 3 aromatic carbocycles. The molecule has 0 spiro atoms. The van der Waals surface area contributed by atoms with Gasteiger partial charge in [-0.3, -0.25) is 9.52 Å². The van der Waals surface area contributed by atoms with Crippen molar-refractivity contribution in [3.63, 3.8) is 0 Å². The molecule has 1 heterocycles. The predicted molar refractivity (Wildman–Crippen MR) is 118 cm³/mol. The molecule has 0 bridgehead atoms. The zero-order valence-electron chi connectivity index (χ0n) is 16.4. The van der Waals surface area contributed by atoms with Gasteiger partial charge in [0.25, 0.3) is 15.9 Å². The van der Waals surface area contributed by atoms with E-state index in [0.717, 1.165) is 10.8 Å². The maximum Gasteiger partial charge on any atom is 0.263 e. The molecule has 156 valence electrons. The summed E-state index contributed by atoms with van der Waals surface area (Å²) < 4.78 is 32.5. The van der Waals surface area contributed by atoms with Crippen molar-refractivity contribution >= 4 is 38.2 Å². The number of aromatic nitrogens is 2. The van der Waals surface area contributed by atoms with Gasteiger partial charge in [-0.1, -0.05) is 30.3 Å². The van der Waals surface area contributed by atoms with Gasteiger partial charge in [0.05, 0.1) is 12.0 Å². The van der Waals surface area contributed by atoms with Crippen LogP contribution in [0.1, 0.15) is 10.4 Å². The number of amides is 1. The molecular formula is C22H18N4O4S. The topological polar surface area (TPSA) is 110 Å². The minimum atomic E-state index is -3.87. The van der Waals surface area contributed by atoms with Gasteiger partial charge in [0, 0.05) is 17.3 Å². The Balaban J connectivity index is 1.48. The zero-order valence-corrected chi connectivity index (χ0v) is 17.3. The summed E-state index contributed by atoms with van der Waals surface area (Å²) in [5.74, 6) is 0.0348. The normalized spacial score (nSPS) is 11.1. The number of ether oxygens (including phenoxy) is 1. The van der Waals surface area contributed by atoms with Gasteiger partial charge in [0.15, 0.2) is 0 Å². The second kappa shape index (κ2) is 8.41. The van der Waals surface area contributed by atoms with Crippen LogP contribution in [0.25, 0.3) is 10.8 Å². The summed E-state index contributed by atoms with van der Waals surface area (Å²) in [5.41, 5.74) is 0.982. The standard InChI is InChI=1S/C22H18N4O4S/c1-30-21-13-20(23-14-24-21)26-31(28,29)19-10-8-18(9-11-19)25-22(27)17-7-6-15-4-2-3-5-16(15)12-17/h2-14H,1H3,(H,25,27)(H,23,24,26). The van der Waals surface area contributed by atoms with Crippen LogP contribution in [-0.4, -0.2) is 31.4 Å². The molecule has 0 aliphatic heterocycles. The summed E-state index contributed by atoms with van der Waals surface area (Å²) in [4.78, 5) is 20.3. The average Bonchev–Trinajstić information content (AvgIpc) is 2.79. The first-order chi connectivity index (χ1) is 14.9. The summed E-state index contributed by atoms with van der Waals surface area (Å²) in [6.07, 6.45) is 1.20. The smallest absolute Gasteiger partial charge is 0.263 e. The van der Waals surface area contributed by atoms with Gasteiger partial charge in [-0.2, -0.15) is 0 Å². The lowest BCUT2D eigenvalue weighted by molar-refractivity contribution is 0.102. The van der Waals surface area contributed by atoms with Crippen LogP contribution >= 0.6 is 0 Å². The van der Waals surface area contributed by atoms with Crippen LogP contribution in [0, 0.1) is 0 Å². The first-order valence-electron chi connectivity index (χ1n) is 9.24. The van der Waals surface area contributed by atoms with E-state index in [1.54, 1.807) is 6.07 Å². The number of carbonyl (C=O) groups excluding carboxylic acids is 1. The number of hydrogen-bond acceptors (Lipinski definition) is 6. The van der Waals surface area contributed by atoms with Crippen molar-refractivity contribution in [3.05, 3.63) is 84.7 Å². The largest absolute Gasteiger partial charge is 0.481 e. The van der Waals surface area contributed by atoms with Crippen LogP contribution < -0.4 is 14.8 Å². The van der Waals surface area contributed by atoms with Crippen molar-refractivity contribution in [3.8, 4) is 5.88 Å². The Labute approximate surface area is 179 Å². The maximum absolute atomic E-state index is 12.6. The van der Waals surface area contributed by atoms with Crippen LogP contribution in [0.4, 0.5) is 11.5 Å². The van der Waals surface area contributed by atoms with Gasteiger partial charge in [-0.15, -0.1) is 0 Å². The van der Waals surface area contributed by atoms with Gasteiger partial charge >= 0.3 is 0 Å². The molecular weight excluding hydrogens is 416 g/mol. The van der Waals surface area contributed by atoms with E-state index in [4.69, 9.17) is 4.74 Å². The Morgan fingerprint density at radius 3 is 2.39 bits per heavy atom. The quantitative estimate of drug-likeness (QED) is 0.479. The Kier molecular flexibility index (Phi) is 5.50. The van der Waals surface area contributed by atoms with E-state index in [1.807, 2.05) is 36.4 Å². The highest BCUT2D eigenvalue weighted by Gasteiger charge is 2.16. The third-order valence-electron chi connectivity index (χ3n) is 4.52. The summed E-state index contributed by atoms with van der Waals surface area (Å²) in [6, 6.07) is 20.4. The Morgan fingerprint density at radius 1 is 0.903 bits per heavy atom. The zero-order chi connectivity index (χ0) is 21.8. The van der Waals surface area contributed by atoms with E-state index in [2.05, 4.69) is 20.0 Å². The molecule has 1 aromatic heterocycles. The first-order valence-corrected chi connectivity index (χ1v) is 10.7. The Hall–Kier alpha value is -3.98. The molecule has 0 saturated carbocycles. The van der Waals surface area contributed by atoms with E-state index in [-0.39, 0.29) is 22.5 Å². The lowest BCUT2D eigenvalue weighted by Gasteiger charge is -2.10. The molecule has 0 fully saturated rings. The van der Waals surface area contributed by atoms with Crippen molar-refractivity contribution in [1.82, 2.24) is 9.97 Å². The summed E-state index contributed by atoms with van der Waals surface area (Å²) >= 11 is 0. The highest BCUT2D eigenvalue weighted by Crippen LogP contribution is 2.20. The summed E-state index contributed by atoms with van der Waals surface area (Å²) in [6.45, 7) is 0. The van der Waals surface area contributed by atoms with Crippen LogP contribution in [-0.2, 0) is 10.0 Å². The number of fused-ring (bicyclic) bond motifs is 1. The van der Waals surface area contributed by atoms with Crippen LogP contribution in [0.5, 0.6) is 5.88 Å². The van der Waals surface area contributed by atoms with Crippen molar-refractivity contribution in [2.45, 2.75) is 4.90 Å². The number of rotatable bonds is 6. The molecule has 1 amide bonds. The molecule has 4 aromatic rings. The lowest BCUT2D eigenvalue weighted by Crippen LogP contribution is -2.15. The highest BCUT2D eigenvalue weighted by molar-refractivity contribution is 7.92. The van der Waals surface area contributed by atoms with Crippen LogP contribution in [0.2, 0.25) is 0 Å². The van der Waals surface area contributed by atoms with E-state index in [0.29, 0.717) is 11.3 Å². The molecule has 0 atom stereocenters. The number of methoxy groups -OCH3 is 1. The summed E-state index contributed by atoms with van der Waals surface area (Å²) in [7, 11) is -2.45. The third-order valence-corrected chi connectivity index (χ3v) is 5.89. The number of hydrogen-bond donors (Lipinski definition) is 2. The fourth-order valence-electron chi connectivity index (χ4n) is 2.95. The molecule has 8 nitrogen and oxygen atoms in total. The van der Waals surface area contributed by atoms with E-state index in [9.17, 15) is 13.2 Å². The van der Waals surface area contributed by atoms with Crippen molar-refractivity contribution in [2.75, 3.05) is 17.1 Å². The van der Waals surface area contributed by atoms with E-state index < -0.39 is 10.0 Å². The van der Waals surface area contributed by atoms with Gasteiger partial charge in [0.1, 0.15) is 12.1 Å². The fraction of sp³-hybridized carbons (Fsp3) is 0.0455. The number of benzene rings is 3. The van der Waals surface area contributed by atoms with Crippen molar-refractivity contribution in [2.24, 2.45) is 0 Å². The molecule has 0 aliphatic carbocycles. The predicted octanol–water partition coefficient (Wildman–Crippen LogP) is 3.69. The van der Waals surface area contributed by atoms with Crippen molar-refractivity contribution in [1.29, 1.82) is 0 Å². The molecule has 9 heteroatoms. The fourth-order valence-corrected chi connectivity index (χ4v) is 3.95. The SMILES string of the molecule is COc1cc(NS(=O)(=O)c2ccc(NC(=O)c3ccc4ccccc4c3)cc2)ncn1. The molecule has 4 rings (SSSR count). The maximum atomic E-state index is 12.6. The minimum absolute atomic E-state index is 0.0220. The third kappa shape index (κ3) is 4.62.